The maximum Gasteiger partial charge on any atom is 0.244 e. The molecule has 1 unspecified atom stereocenters. The lowest BCUT2D eigenvalue weighted by Gasteiger charge is -2.08. The van der Waals surface area contributed by atoms with E-state index in [2.05, 4.69) is 21.5 Å². The van der Waals surface area contributed by atoms with Gasteiger partial charge < -0.3 is 15.8 Å². The SMILES string of the molecule is N#Cc1ccc(-n2nc(NCC3CCCO3)nc2N)cc1. The number of nitrogens with zero attached hydrogens (tertiary/aromatic N) is 4. The summed E-state index contributed by atoms with van der Waals surface area (Å²) in [6.45, 7) is 1.50. The molecule has 1 aliphatic heterocycles. The van der Waals surface area contributed by atoms with Gasteiger partial charge in [0.1, 0.15) is 0 Å². The van der Waals surface area contributed by atoms with Crippen molar-refractivity contribution in [1.82, 2.24) is 14.8 Å². The van der Waals surface area contributed by atoms with Crippen molar-refractivity contribution in [1.29, 1.82) is 5.26 Å². The van der Waals surface area contributed by atoms with Gasteiger partial charge in [-0.15, -0.1) is 5.10 Å². The van der Waals surface area contributed by atoms with E-state index >= 15 is 0 Å². The Balaban J connectivity index is 1.72. The smallest absolute Gasteiger partial charge is 0.244 e. The largest absolute Gasteiger partial charge is 0.376 e. The number of nitriles is 1. The normalized spacial score (nSPS) is 17.6. The number of nitrogens with one attached hydrogen (secondary N) is 1. The summed E-state index contributed by atoms with van der Waals surface area (Å²) < 4.78 is 7.08. The molecule has 1 aromatic carbocycles. The number of nitrogen functional groups attached to an aromatic ring is 1. The summed E-state index contributed by atoms with van der Waals surface area (Å²) in [6.07, 6.45) is 2.37. The molecule has 2 heterocycles. The van der Waals surface area contributed by atoms with Crippen molar-refractivity contribution >= 4 is 11.9 Å². The first kappa shape index (κ1) is 13.4. The number of benzene rings is 1. The molecule has 7 heteroatoms. The minimum Gasteiger partial charge on any atom is -0.376 e. The molecule has 3 N–H and O–H groups in total. The van der Waals surface area contributed by atoms with Crippen LogP contribution < -0.4 is 11.1 Å². The van der Waals surface area contributed by atoms with Crippen LogP contribution in [-0.2, 0) is 4.74 Å². The van der Waals surface area contributed by atoms with Crippen LogP contribution in [0, 0.1) is 11.3 Å². The van der Waals surface area contributed by atoms with Crippen LogP contribution in [0.1, 0.15) is 18.4 Å². The van der Waals surface area contributed by atoms with Crippen molar-refractivity contribution in [3.8, 4) is 11.8 Å². The third-order valence-electron chi connectivity index (χ3n) is 3.38. The molecule has 0 saturated carbocycles. The first-order valence-corrected chi connectivity index (χ1v) is 6.85. The third-order valence-corrected chi connectivity index (χ3v) is 3.38. The van der Waals surface area contributed by atoms with Crippen LogP contribution in [0.3, 0.4) is 0 Å². The van der Waals surface area contributed by atoms with Gasteiger partial charge in [0.05, 0.1) is 23.4 Å². The Kier molecular flexibility index (Phi) is 3.71. The van der Waals surface area contributed by atoms with Gasteiger partial charge in [-0.2, -0.15) is 14.9 Å². The molecule has 1 atom stereocenters. The average Bonchev–Trinajstić information content (AvgIpc) is 3.15. The zero-order chi connectivity index (χ0) is 14.7. The lowest BCUT2D eigenvalue weighted by atomic mass is 10.2. The minimum atomic E-state index is 0.216. The van der Waals surface area contributed by atoms with E-state index in [0.717, 1.165) is 25.1 Å². The molecule has 3 rings (SSSR count). The van der Waals surface area contributed by atoms with Crippen LogP contribution in [0.2, 0.25) is 0 Å². The second-order valence-electron chi connectivity index (χ2n) is 4.88. The van der Waals surface area contributed by atoms with Gasteiger partial charge in [-0.25, -0.2) is 0 Å². The van der Waals surface area contributed by atoms with Crippen LogP contribution in [-0.4, -0.2) is 34.0 Å². The van der Waals surface area contributed by atoms with Crippen molar-refractivity contribution < 1.29 is 4.74 Å². The molecule has 0 spiro atoms. The Morgan fingerprint density at radius 2 is 2.24 bits per heavy atom. The predicted molar refractivity (Wildman–Crippen MR) is 78.0 cm³/mol. The van der Waals surface area contributed by atoms with Gasteiger partial charge in [-0.1, -0.05) is 0 Å². The molecule has 7 nitrogen and oxygen atoms in total. The zero-order valence-electron chi connectivity index (χ0n) is 11.5. The number of aromatic nitrogens is 3. The van der Waals surface area contributed by atoms with E-state index in [1.54, 1.807) is 28.9 Å². The number of hydrogen-bond donors (Lipinski definition) is 2. The Morgan fingerprint density at radius 1 is 1.43 bits per heavy atom. The van der Waals surface area contributed by atoms with Crippen molar-refractivity contribution in [2.24, 2.45) is 0 Å². The van der Waals surface area contributed by atoms with E-state index < -0.39 is 0 Å². The van der Waals surface area contributed by atoms with E-state index in [0.29, 0.717) is 24.0 Å². The summed E-state index contributed by atoms with van der Waals surface area (Å²) in [5, 5.41) is 16.3. The number of hydrogen-bond acceptors (Lipinski definition) is 6. The molecule has 108 valence electrons. The van der Waals surface area contributed by atoms with Crippen LogP contribution >= 0.6 is 0 Å². The Hall–Kier alpha value is -2.59. The standard InChI is InChI=1S/C14H16N6O/c15-8-10-3-5-11(6-4-10)20-13(16)18-14(19-20)17-9-12-2-1-7-21-12/h3-6,12H,1-2,7,9H2,(H3,16,17,18,19). The molecule has 0 aliphatic carbocycles. The van der Waals surface area contributed by atoms with E-state index in [9.17, 15) is 0 Å². The van der Waals surface area contributed by atoms with Gasteiger partial charge in [0.2, 0.25) is 11.9 Å². The maximum absolute atomic E-state index is 8.80. The van der Waals surface area contributed by atoms with Crippen molar-refractivity contribution in [2.75, 3.05) is 24.2 Å². The van der Waals surface area contributed by atoms with Gasteiger partial charge in [0.15, 0.2) is 0 Å². The molecule has 1 aromatic heterocycles. The van der Waals surface area contributed by atoms with Gasteiger partial charge >= 0.3 is 0 Å². The predicted octanol–water partition coefficient (Wildman–Crippen LogP) is 1.31. The Morgan fingerprint density at radius 3 is 2.90 bits per heavy atom. The Labute approximate surface area is 122 Å². The van der Waals surface area contributed by atoms with Crippen molar-refractivity contribution in [2.45, 2.75) is 18.9 Å². The molecular weight excluding hydrogens is 268 g/mol. The van der Waals surface area contributed by atoms with Gasteiger partial charge in [-0.3, -0.25) is 0 Å². The fraction of sp³-hybridized carbons (Fsp3) is 0.357. The third kappa shape index (κ3) is 2.95. The van der Waals surface area contributed by atoms with E-state index in [4.69, 9.17) is 15.7 Å². The summed E-state index contributed by atoms with van der Waals surface area (Å²) in [6, 6.07) is 9.08. The van der Waals surface area contributed by atoms with Gasteiger partial charge in [0.25, 0.3) is 0 Å². The summed E-state index contributed by atoms with van der Waals surface area (Å²) in [4.78, 5) is 4.19. The number of nitrogens with two attached hydrogens (primary N) is 1. The summed E-state index contributed by atoms with van der Waals surface area (Å²) in [7, 11) is 0. The summed E-state index contributed by atoms with van der Waals surface area (Å²) in [5.41, 5.74) is 7.24. The van der Waals surface area contributed by atoms with E-state index in [1.165, 1.54) is 0 Å². The summed E-state index contributed by atoms with van der Waals surface area (Å²) in [5.74, 6) is 0.780. The summed E-state index contributed by atoms with van der Waals surface area (Å²) >= 11 is 0. The molecule has 0 amide bonds. The highest BCUT2D eigenvalue weighted by molar-refractivity contribution is 5.44. The van der Waals surface area contributed by atoms with Crippen LogP contribution in [0.15, 0.2) is 24.3 Å². The molecule has 0 bridgehead atoms. The zero-order valence-corrected chi connectivity index (χ0v) is 11.5. The molecule has 21 heavy (non-hydrogen) atoms. The van der Waals surface area contributed by atoms with Crippen molar-refractivity contribution in [3.05, 3.63) is 29.8 Å². The number of ether oxygens (including phenoxy) is 1. The number of anilines is 2. The lowest BCUT2D eigenvalue weighted by Crippen LogP contribution is -2.19. The highest BCUT2D eigenvalue weighted by atomic mass is 16.5. The Bertz CT molecular complexity index is 651. The molecule has 2 aromatic rings. The fourth-order valence-corrected chi connectivity index (χ4v) is 2.28. The van der Waals surface area contributed by atoms with Gasteiger partial charge in [0, 0.05) is 13.2 Å². The quantitative estimate of drug-likeness (QED) is 0.877. The van der Waals surface area contributed by atoms with E-state index in [1.807, 2.05) is 0 Å². The van der Waals surface area contributed by atoms with Gasteiger partial charge in [-0.05, 0) is 37.1 Å². The lowest BCUT2D eigenvalue weighted by molar-refractivity contribution is 0.120. The van der Waals surface area contributed by atoms with Crippen LogP contribution in [0.4, 0.5) is 11.9 Å². The van der Waals surface area contributed by atoms with E-state index in [-0.39, 0.29) is 6.10 Å². The van der Waals surface area contributed by atoms with Crippen molar-refractivity contribution in [3.63, 3.8) is 0 Å². The first-order chi connectivity index (χ1) is 10.3. The molecule has 1 fully saturated rings. The highest BCUT2D eigenvalue weighted by Gasteiger charge is 2.16. The molecule has 0 radical (unpaired) electrons. The second kappa shape index (κ2) is 5.81. The second-order valence-corrected chi connectivity index (χ2v) is 4.88. The fourth-order valence-electron chi connectivity index (χ4n) is 2.28. The topological polar surface area (TPSA) is 102 Å². The monoisotopic (exact) mass is 284 g/mol. The molecule has 1 aliphatic rings. The van der Waals surface area contributed by atoms with Crippen LogP contribution in [0.25, 0.3) is 5.69 Å². The molecular formula is C14H16N6O. The molecule has 1 saturated heterocycles. The maximum atomic E-state index is 8.80. The first-order valence-electron chi connectivity index (χ1n) is 6.85. The number of rotatable bonds is 4. The minimum absolute atomic E-state index is 0.216. The van der Waals surface area contributed by atoms with Crippen LogP contribution in [0.5, 0.6) is 0 Å². The highest BCUT2D eigenvalue weighted by Crippen LogP contribution is 2.16. The average molecular weight is 284 g/mol.